The van der Waals surface area contributed by atoms with Gasteiger partial charge in [0.2, 0.25) is 23.6 Å². The second kappa shape index (κ2) is 21.0. The number of likely N-dealkylation sites (tertiary alicyclic amines) is 1. The SMILES string of the molecule is C=C(CC)[C@@H]([C@@H](CC(=O)N1CCC[C@H]1[C@H](OC)[C@@H](C)C(=O)N[C@@H](Cc1ccccc1)C(=O)O)OC)N(C)C(=O)[C@@H](NC(=O)[C@@H](NC)C(C)C)C(C)C. The summed E-state index contributed by atoms with van der Waals surface area (Å²) in [6.07, 6.45) is 0.404. The Labute approximate surface area is 310 Å². The van der Waals surface area contributed by atoms with Crippen LogP contribution in [0.5, 0.6) is 0 Å². The van der Waals surface area contributed by atoms with Crippen LogP contribution in [0.25, 0.3) is 0 Å². The molecule has 2 rings (SSSR count). The zero-order chi connectivity index (χ0) is 39.3. The Hall–Kier alpha value is -3.81. The number of ether oxygens (including phenoxy) is 2. The molecule has 1 fully saturated rings. The highest BCUT2D eigenvalue weighted by Crippen LogP contribution is 2.29. The maximum atomic E-state index is 14.1. The first-order chi connectivity index (χ1) is 24.5. The Balaban J connectivity index is 2.27. The third-order valence-corrected chi connectivity index (χ3v) is 10.2. The number of amides is 4. The molecule has 8 atom stereocenters. The van der Waals surface area contributed by atoms with Crippen molar-refractivity contribution in [3.8, 4) is 0 Å². The van der Waals surface area contributed by atoms with Gasteiger partial charge in [-0.05, 0) is 43.7 Å². The van der Waals surface area contributed by atoms with Crippen LogP contribution in [0.1, 0.15) is 72.8 Å². The zero-order valence-corrected chi connectivity index (χ0v) is 32.8. The van der Waals surface area contributed by atoms with Crippen LogP contribution in [0.3, 0.4) is 0 Å². The highest BCUT2D eigenvalue weighted by molar-refractivity contribution is 5.90. The molecule has 1 aliphatic heterocycles. The summed E-state index contributed by atoms with van der Waals surface area (Å²) >= 11 is 0. The van der Waals surface area contributed by atoms with Gasteiger partial charge in [0.05, 0.1) is 42.7 Å². The zero-order valence-electron chi connectivity index (χ0n) is 32.8. The van der Waals surface area contributed by atoms with Crippen molar-refractivity contribution in [2.75, 3.05) is 34.9 Å². The molecule has 13 nitrogen and oxygen atoms in total. The predicted octanol–water partition coefficient (Wildman–Crippen LogP) is 3.02. The number of likely N-dealkylation sites (N-methyl/N-ethyl adjacent to an activating group) is 2. The lowest BCUT2D eigenvalue weighted by atomic mass is 9.92. The lowest BCUT2D eigenvalue weighted by molar-refractivity contribution is -0.146. The van der Waals surface area contributed by atoms with Crippen LogP contribution >= 0.6 is 0 Å². The van der Waals surface area contributed by atoms with Crippen molar-refractivity contribution >= 4 is 29.6 Å². The molecule has 0 radical (unpaired) electrons. The minimum Gasteiger partial charge on any atom is -0.480 e. The van der Waals surface area contributed by atoms with Crippen molar-refractivity contribution in [3.63, 3.8) is 0 Å². The molecule has 4 amide bonds. The summed E-state index contributed by atoms with van der Waals surface area (Å²) in [6, 6.07) is 5.53. The fraction of sp³-hybridized carbons (Fsp3) is 0.667. The number of methoxy groups -OCH3 is 2. The number of benzene rings is 1. The van der Waals surface area contributed by atoms with E-state index in [0.717, 1.165) is 5.56 Å². The van der Waals surface area contributed by atoms with Crippen molar-refractivity contribution in [2.45, 2.75) is 116 Å². The first-order valence-electron chi connectivity index (χ1n) is 18.4. The molecule has 292 valence electrons. The van der Waals surface area contributed by atoms with Crippen LogP contribution in [0.2, 0.25) is 0 Å². The lowest BCUT2D eigenvalue weighted by Crippen LogP contribution is -2.59. The maximum absolute atomic E-state index is 14.1. The summed E-state index contributed by atoms with van der Waals surface area (Å²) in [7, 11) is 6.33. The van der Waals surface area contributed by atoms with Gasteiger partial charge < -0.3 is 40.3 Å². The quantitative estimate of drug-likeness (QED) is 0.139. The highest BCUT2D eigenvalue weighted by atomic mass is 16.5. The van der Waals surface area contributed by atoms with Crippen molar-refractivity contribution in [2.24, 2.45) is 17.8 Å². The summed E-state index contributed by atoms with van der Waals surface area (Å²) in [5, 5.41) is 18.5. The first kappa shape index (κ1) is 44.4. The van der Waals surface area contributed by atoms with E-state index in [0.29, 0.717) is 31.4 Å². The number of rotatable bonds is 21. The molecular weight excluding hydrogens is 666 g/mol. The van der Waals surface area contributed by atoms with Crippen molar-refractivity contribution < 1.29 is 38.6 Å². The van der Waals surface area contributed by atoms with E-state index in [-0.39, 0.29) is 42.4 Å². The van der Waals surface area contributed by atoms with Crippen molar-refractivity contribution in [1.82, 2.24) is 25.8 Å². The number of aliphatic carboxylic acids is 1. The number of carboxylic acids is 1. The van der Waals surface area contributed by atoms with E-state index >= 15 is 0 Å². The van der Waals surface area contributed by atoms with Crippen molar-refractivity contribution in [1.29, 1.82) is 0 Å². The maximum Gasteiger partial charge on any atom is 0.326 e. The number of carbonyl (C=O) groups excluding carboxylic acids is 4. The van der Waals surface area contributed by atoms with E-state index in [1.165, 1.54) is 19.1 Å². The molecule has 0 saturated carbocycles. The molecule has 0 aliphatic carbocycles. The van der Waals surface area contributed by atoms with Gasteiger partial charge in [-0.15, -0.1) is 0 Å². The molecule has 1 aromatic rings. The van der Waals surface area contributed by atoms with E-state index in [9.17, 15) is 29.1 Å². The van der Waals surface area contributed by atoms with E-state index in [1.807, 2.05) is 52.8 Å². The minimum absolute atomic E-state index is 0.00735. The van der Waals surface area contributed by atoms with Crippen LogP contribution in [0.15, 0.2) is 42.5 Å². The topological polar surface area (TPSA) is 167 Å². The molecule has 1 aliphatic rings. The third-order valence-electron chi connectivity index (χ3n) is 10.2. The summed E-state index contributed by atoms with van der Waals surface area (Å²) < 4.78 is 11.8. The summed E-state index contributed by atoms with van der Waals surface area (Å²) in [5.74, 6) is -3.42. The van der Waals surface area contributed by atoms with Gasteiger partial charge in [0.15, 0.2) is 0 Å². The average Bonchev–Trinajstić information content (AvgIpc) is 3.59. The van der Waals surface area contributed by atoms with Gasteiger partial charge in [-0.3, -0.25) is 19.2 Å². The van der Waals surface area contributed by atoms with Gasteiger partial charge in [0.1, 0.15) is 12.1 Å². The van der Waals surface area contributed by atoms with Crippen LogP contribution in [-0.2, 0) is 39.9 Å². The molecule has 4 N–H and O–H groups in total. The van der Waals surface area contributed by atoms with Gasteiger partial charge in [-0.25, -0.2) is 4.79 Å². The molecule has 0 unspecified atom stereocenters. The number of carboxylic acid groups (broad SMARTS) is 1. The lowest BCUT2D eigenvalue weighted by Gasteiger charge is -2.39. The number of nitrogens with one attached hydrogen (secondary N) is 3. The standard InChI is InChI=1S/C39H63N5O8/c1-12-25(6)34(43(9)38(48)33(24(4)5)42-37(47)32(40-8)23(2)3)30(51-10)22-31(45)44-20-16-19-29(44)35(52-11)26(7)36(46)41-28(39(49)50)21-27-17-14-13-15-18-27/h13-15,17-18,23-24,26,28-30,32-35,40H,6,12,16,19-22H2,1-5,7-11H3,(H,41,46)(H,42,47)(H,49,50)/t26-,28+,29+,30-,32+,33+,34+,35-/m1/s1. The second-order valence-electron chi connectivity index (χ2n) is 14.5. The van der Waals surface area contributed by atoms with Crippen LogP contribution in [-0.4, -0.2) is 122 Å². The van der Waals surface area contributed by atoms with Gasteiger partial charge in [-0.1, -0.05) is 84.0 Å². The number of carbonyl (C=O) groups is 5. The monoisotopic (exact) mass is 729 g/mol. The largest absolute Gasteiger partial charge is 0.480 e. The Morgan fingerprint density at radius 1 is 0.962 bits per heavy atom. The van der Waals surface area contributed by atoms with Crippen LogP contribution in [0, 0.1) is 17.8 Å². The number of hydrogen-bond acceptors (Lipinski definition) is 8. The molecule has 13 heteroatoms. The Bertz CT molecular complexity index is 1360. The van der Waals surface area contributed by atoms with Gasteiger partial charge in [-0.2, -0.15) is 0 Å². The molecule has 0 bridgehead atoms. The van der Waals surface area contributed by atoms with E-state index in [1.54, 1.807) is 38.1 Å². The average molecular weight is 730 g/mol. The van der Waals surface area contributed by atoms with Gasteiger partial charge >= 0.3 is 5.97 Å². The molecule has 0 spiro atoms. The molecule has 1 heterocycles. The summed E-state index contributed by atoms with van der Waals surface area (Å²) in [4.78, 5) is 70.1. The molecule has 52 heavy (non-hydrogen) atoms. The minimum atomic E-state index is -1.15. The number of hydrogen-bond donors (Lipinski definition) is 4. The second-order valence-corrected chi connectivity index (χ2v) is 14.5. The predicted molar refractivity (Wildman–Crippen MR) is 200 cm³/mol. The molecular formula is C39H63N5O8. The Morgan fingerprint density at radius 2 is 1.58 bits per heavy atom. The van der Waals surface area contributed by atoms with E-state index in [4.69, 9.17) is 9.47 Å². The van der Waals surface area contributed by atoms with Gasteiger partial charge in [0, 0.05) is 34.2 Å². The Kier molecular flexibility index (Phi) is 17.9. The van der Waals surface area contributed by atoms with Gasteiger partial charge in [0.25, 0.3) is 0 Å². The molecule has 0 aromatic heterocycles. The van der Waals surface area contributed by atoms with E-state index in [2.05, 4.69) is 22.5 Å². The summed E-state index contributed by atoms with van der Waals surface area (Å²) in [5.41, 5.74) is 1.47. The fourth-order valence-corrected chi connectivity index (χ4v) is 7.13. The van der Waals surface area contributed by atoms with E-state index < -0.39 is 60.2 Å². The highest BCUT2D eigenvalue weighted by Gasteiger charge is 2.43. The fourth-order valence-electron chi connectivity index (χ4n) is 7.13. The summed E-state index contributed by atoms with van der Waals surface area (Å²) in [6.45, 7) is 15.9. The first-order valence-corrected chi connectivity index (χ1v) is 18.4. The normalized spacial score (nSPS) is 18.5. The van der Waals surface area contributed by atoms with Crippen LogP contribution < -0.4 is 16.0 Å². The van der Waals surface area contributed by atoms with Crippen LogP contribution in [0.4, 0.5) is 0 Å². The number of nitrogens with zero attached hydrogens (tertiary/aromatic N) is 2. The smallest absolute Gasteiger partial charge is 0.326 e. The molecule has 1 aromatic carbocycles. The van der Waals surface area contributed by atoms with Crippen molar-refractivity contribution in [3.05, 3.63) is 48.0 Å². The third kappa shape index (κ3) is 11.6. The Morgan fingerprint density at radius 3 is 2.08 bits per heavy atom. The molecule has 1 saturated heterocycles.